The van der Waals surface area contributed by atoms with Crippen LogP contribution in [0.1, 0.15) is 105 Å². The highest BCUT2D eigenvalue weighted by Gasteiger charge is 2.38. The summed E-state index contributed by atoms with van der Waals surface area (Å²) in [4.78, 5) is 74.0. The number of amides is 4. The maximum absolute atomic E-state index is 12.4. The van der Waals surface area contributed by atoms with Crippen LogP contribution in [-0.2, 0) is 77.5 Å². The minimum absolute atomic E-state index is 0. The van der Waals surface area contributed by atoms with Gasteiger partial charge in [0.25, 0.3) is 0 Å². The molecule has 3 aromatic rings. The molecule has 3 aliphatic rings. The number of aryl methyl sites for hydroxylation is 3. The van der Waals surface area contributed by atoms with Crippen LogP contribution in [0.15, 0.2) is 54.6 Å². The van der Waals surface area contributed by atoms with Crippen molar-refractivity contribution in [3.8, 4) is 0 Å². The second-order valence-electron chi connectivity index (χ2n) is 16.7. The first-order valence-electron chi connectivity index (χ1n) is 20.8. The van der Waals surface area contributed by atoms with Gasteiger partial charge in [0.05, 0.1) is 6.04 Å². The average molecular weight is 1080 g/mol. The van der Waals surface area contributed by atoms with Gasteiger partial charge in [-0.15, -0.1) is 12.4 Å². The Kier molecular flexibility index (Phi) is 35.2. The van der Waals surface area contributed by atoms with Gasteiger partial charge in [-0.3, -0.25) is 19.4 Å². The number of nitrogens with one attached hydrogen (secondary N) is 3. The van der Waals surface area contributed by atoms with E-state index < -0.39 is 41.4 Å². The number of anilines is 3. The molecule has 3 aliphatic heterocycles. The van der Waals surface area contributed by atoms with E-state index in [1.807, 2.05) is 77.9 Å². The monoisotopic (exact) mass is 1080 g/mol. The fourth-order valence-electron chi connectivity index (χ4n) is 6.26. The van der Waals surface area contributed by atoms with Crippen LogP contribution >= 0.6 is 25.9 Å². The lowest BCUT2D eigenvalue weighted by molar-refractivity contribution is -0.142. The van der Waals surface area contributed by atoms with Gasteiger partial charge in [0.15, 0.2) is 0 Å². The predicted octanol–water partition coefficient (Wildman–Crippen LogP) is 7.41. The maximum Gasteiger partial charge on any atom is 0.411 e. The Bertz CT molecular complexity index is 2040. The topological polar surface area (TPSA) is 231 Å². The number of carboxylic acids is 1. The number of pyridine rings is 3. The van der Waals surface area contributed by atoms with Crippen molar-refractivity contribution in [3.63, 3.8) is 0 Å². The number of carbonyl (C=O) groups excluding carboxylic acids is 4. The summed E-state index contributed by atoms with van der Waals surface area (Å²) in [5.74, 6) is 0.560. The minimum Gasteiger partial charge on any atom is -0.480 e. The van der Waals surface area contributed by atoms with Crippen LogP contribution in [0.3, 0.4) is 0 Å². The number of nitrogen functional groups attached to an aromatic ring is 1. The summed E-state index contributed by atoms with van der Waals surface area (Å²) in [5, 5.41) is 17.6. The molecule has 6 rings (SSSR count). The Morgan fingerprint density at radius 2 is 1.10 bits per heavy atom. The zero-order valence-electron chi connectivity index (χ0n) is 39.4. The summed E-state index contributed by atoms with van der Waals surface area (Å²) >= 11 is 15.6. The number of hydrogen-bond donors (Lipinski definition) is 5. The highest BCUT2D eigenvalue weighted by molar-refractivity contribution is 8.37. The number of aliphatic carboxylic acids is 1. The van der Waals surface area contributed by atoms with Crippen LogP contribution in [-0.4, -0.2) is 109 Å². The van der Waals surface area contributed by atoms with E-state index in [1.165, 1.54) is 9.80 Å². The van der Waals surface area contributed by atoms with Crippen LogP contribution < -0.4 is 21.7 Å². The lowest BCUT2D eigenvalue weighted by atomic mass is 10.2. The van der Waals surface area contributed by atoms with Crippen molar-refractivity contribution < 1.29 is 38.6 Å². The SMILES string of the molecule is C.CC(C)(C)OC(=O)N1CCC[C@H]1C(=O)O.Cc1cccc(N)n1.Cc1cccc(NC(=O)[C@@H]2CCCN2)n1.Cc1cccc(NC(=O)[C@@H]2CCCN2C(=O)OC(C)(C)C)n1.Cl.S.S=S.S=S=S. The van der Waals surface area contributed by atoms with Crippen LogP contribution in [0.25, 0.3) is 0 Å². The molecule has 0 aliphatic carbocycles. The van der Waals surface area contributed by atoms with Gasteiger partial charge < -0.3 is 36.3 Å². The van der Waals surface area contributed by atoms with E-state index in [-0.39, 0.29) is 51.2 Å². The first-order valence-corrected chi connectivity index (χ1v) is 24.8. The molecule has 382 valence electrons. The number of nitrogens with zero attached hydrogens (tertiary/aromatic N) is 5. The number of aromatic nitrogens is 3. The lowest BCUT2D eigenvalue weighted by Crippen LogP contribution is -2.45. The summed E-state index contributed by atoms with van der Waals surface area (Å²) in [5.41, 5.74) is 6.90. The number of carboxylic acid groups (broad SMARTS) is 1. The summed E-state index contributed by atoms with van der Waals surface area (Å²) in [7, 11) is 0.917. The van der Waals surface area contributed by atoms with E-state index in [0.717, 1.165) is 58.2 Å². The Morgan fingerprint density at radius 1 is 0.706 bits per heavy atom. The highest BCUT2D eigenvalue weighted by atomic mass is 35.5. The fourth-order valence-corrected chi connectivity index (χ4v) is 6.26. The van der Waals surface area contributed by atoms with E-state index in [2.05, 4.69) is 75.7 Å². The first-order chi connectivity index (χ1) is 30.5. The molecule has 68 heavy (non-hydrogen) atoms. The Labute approximate surface area is 438 Å². The van der Waals surface area contributed by atoms with Gasteiger partial charge in [-0.05, 0) is 144 Å². The third-order valence-electron chi connectivity index (χ3n) is 8.92. The van der Waals surface area contributed by atoms with Crippen molar-refractivity contribution in [1.29, 1.82) is 0 Å². The summed E-state index contributed by atoms with van der Waals surface area (Å²) in [6, 6.07) is 15.3. The summed E-state index contributed by atoms with van der Waals surface area (Å²) in [6.45, 7) is 18.3. The summed E-state index contributed by atoms with van der Waals surface area (Å²) < 4.78 is 10.5. The second-order valence-corrected chi connectivity index (χ2v) is 18.5. The van der Waals surface area contributed by atoms with Gasteiger partial charge in [-0.1, -0.05) is 25.6 Å². The highest BCUT2D eigenvalue weighted by Crippen LogP contribution is 2.23. The summed E-state index contributed by atoms with van der Waals surface area (Å²) in [6.07, 6.45) is 3.66. The normalized spacial score (nSPS) is 16.4. The molecule has 0 unspecified atom stereocenters. The number of hydrogen-bond acceptors (Lipinski definition) is 16. The van der Waals surface area contributed by atoms with Crippen molar-refractivity contribution >= 4 is 127 Å². The molecule has 3 atom stereocenters. The number of nitrogens with two attached hydrogens (primary N) is 1. The number of likely N-dealkylation sites (tertiary alicyclic amines) is 2. The fraction of sp³-hybridized carbons (Fsp3) is 0.545. The van der Waals surface area contributed by atoms with E-state index in [4.69, 9.17) is 20.3 Å². The molecule has 17 nitrogen and oxygen atoms in total. The smallest absolute Gasteiger partial charge is 0.411 e. The quantitative estimate of drug-likeness (QED) is 0.167. The lowest BCUT2D eigenvalue weighted by Gasteiger charge is -2.27. The molecule has 0 spiro atoms. The van der Waals surface area contributed by atoms with Crippen LogP contribution in [0.5, 0.6) is 0 Å². The zero-order valence-corrected chi connectivity index (χ0v) is 45.3. The van der Waals surface area contributed by atoms with Crippen LogP contribution in [0.2, 0.25) is 0 Å². The van der Waals surface area contributed by atoms with E-state index >= 15 is 0 Å². The molecule has 3 fully saturated rings. The standard InChI is InChI=1S/C16H23N3O3.C11H15N3O.C10H17NO4.C6H8N2.CH4.ClH.S3.S2.H2S/c1-11-7-5-9-13(17-11)18-14(20)12-8-6-10-19(12)15(21)22-16(2,3)4;1-8-4-2-6-10(13-8)14-11(15)9-5-3-7-12-9;1-10(2,3)15-9(14)11-6-4-5-7(11)8(12)13;1-5-3-2-4-6(7)8-5;;;1-3-2;1-2;/h5,7,9,12H,6,8,10H2,1-4H3,(H,17,18,20);2,4,6,9,12H,3,5,7H2,1H3,(H,13,14,15);7H,4-6H2,1-3H3,(H,12,13);2-4H,1H3,(H2,7,8);1H4;1H;;;1H2/t12-;9-;7-;;;;;;/m000....../s1. The number of carbonyl (C=O) groups is 5. The molecule has 6 heterocycles. The second kappa shape index (κ2) is 35.1. The Balaban J connectivity index is -0.000000822. The van der Waals surface area contributed by atoms with E-state index in [0.29, 0.717) is 43.4 Å². The molecule has 0 radical (unpaired) electrons. The molecule has 4 amide bonds. The van der Waals surface area contributed by atoms with Gasteiger partial charge in [0, 0.05) is 83.8 Å². The number of halogens is 1. The zero-order chi connectivity index (χ0) is 49.3. The molecule has 0 saturated carbocycles. The van der Waals surface area contributed by atoms with Crippen LogP contribution in [0, 0.1) is 20.8 Å². The maximum atomic E-state index is 12.4. The van der Waals surface area contributed by atoms with Gasteiger partial charge in [0.1, 0.15) is 40.7 Å². The van der Waals surface area contributed by atoms with Crippen LogP contribution in [0.4, 0.5) is 27.0 Å². The van der Waals surface area contributed by atoms with Gasteiger partial charge >= 0.3 is 18.2 Å². The van der Waals surface area contributed by atoms with Gasteiger partial charge in [-0.25, -0.2) is 29.3 Å². The molecule has 3 aromatic heterocycles. The molecule has 6 N–H and O–H groups in total. The Hall–Kier alpha value is -4.10. The average Bonchev–Trinajstić information content (AvgIpc) is 4.02. The first kappa shape index (κ1) is 68.2. The van der Waals surface area contributed by atoms with E-state index in [1.54, 1.807) is 39.0 Å². The third-order valence-corrected chi connectivity index (χ3v) is 8.92. The largest absolute Gasteiger partial charge is 0.480 e. The Morgan fingerprint density at radius 3 is 1.46 bits per heavy atom. The predicted molar refractivity (Wildman–Crippen MR) is 290 cm³/mol. The molecule has 24 heteroatoms. The van der Waals surface area contributed by atoms with Crippen molar-refractivity contribution in [1.82, 2.24) is 30.1 Å². The number of ether oxygens (including phenoxy) is 2. The molecule has 3 saturated heterocycles. The third kappa shape index (κ3) is 27.8. The number of rotatable bonds is 5. The van der Waals surface area contributed by atoms with Gasteiger partial charge in [0.2, 0.25) is 11.8 Å². The van der Waals surface area contributed by atoms with E-state index in [9.17, 15) is 24.0 Å². The van der Waals surface area contributed by atoms with Crippen molar-refractivity contribution in [2.45, 2.75) is 138 Å². The molecule has 0 bridgehead atoms. The molecule has 0 aromatic carbocycles. The van der Waals surface area contributed by atoms with Crippen molar-refractivity contribution in [3.05, 3.63) is 71.7 Å². The molecular weight excluding hydrogens is 1010 g/mol. The van der Waals surface area contributed by atoms with Crippen molar-refractivity contribution in [2.24, 2.45) is 0 Å². The minimum atomic E-state index is -0.960. The van der Waals surface area contributed by atoms with Gasteiger partial charge in [-0.2, -0.15) is 13.5 Å². The van der Waals surface area contributed by atoms with Crippen molar-refractivity contribution in [2.75, 3.05) is 36.0 Å². The molecular formula is C44H70ClN9O8S6.